The van der Waals surface area contributed by atoms with Crippen LogP contribution in [0.4, 0.5) is 0 Å². The van der Waals surface area contributed by atoms with E-state index in [1.807, 2.05) is 6.08 Å². The van der Waals surface area contributed by atoms with Gasteiger partial charge >= 0.3 is 0 Å². The van der Waals surface area contributed by atoms with E-state index in [0.717, 1.165) is 6.42 Å². The summed E-state index contributed by atoms with van der Waals surface area (Å²) in [6.45, 7) is 2.93. The highest BCUT2D eigenvalue weighted by atomic mass is 16.2. The molecule has 1 aliphatic rings. The lowest BCUT2D eigenvalue weighted by Crippen LogP contribution is -2.34. The quantitative estimate of drug-likeness (QED) is 0.341. The van der Waals surface area contributed by atoms with E-state index in [1.165, 1.54) is 56.3 Å². The summed E-state index contributed by atoms with van der Waals surface area (Å²) in [5.74, 6) is -0.423. The maximum absolute atomic E-state index is 12.0. The fourth-order valence-corrected chi connectivity index (χ4v) is 2.88. The molecule has 0 saturated carbocycles. The van der Waals surface area contributed by atoms with Crippen molar-refractivity contribution in [3.05, 3.63) is 12.2 Å². The summed E-state index contributed by atoms with van der Waals surface area (Å²) >= 11 is 0. The van der Waals surface area contributed by atoms with Crippen molar-refractivity contribution in [3.8, 4) is 0 Å². The zero-order valence-corrected chi connectivity index (χ0v) is 14.1. The number of carbonyl (C=O) groups is 2. The molecule has 4 nitrogen and oxygen atoms in total. The highest BCUT2D eigenvalue weighted by Gasteiger charge is 2.36. The average Bonchev–Trinajstić information content (AvgIpc) is 2.77. The van der Waals surface area contributed by atoms with E-state index in [9.17, 15) is 9.59 Å². The van der Waals surface area contributed by atoms with E-state index in [0.29, 0.717) is 19.5 Å². The molecule has 0 radical (unpaired) electrons. The molecule has 0 spiro atoms. The molecule has 0 aromatic rings. The molecule has 1 heterocycles. The zero-order valence-electron chi connectivity index (χ0n) is 14.1. The van der Waals surface area contributed by atoms with Gasteiger partial charge in [0.05, 0.1) is 5.92 Å². The molecule has 0 bridgehead atoms. The first kappa shape index (κ1) is 18.9. The van der Waals surface area contributed by atoms with Crippen molar-refractivity contribution in [2.45, 2.75) is 71.1 Å². The van der Waals surface area contributed by atoms with Gasteiger partial charge in [0, 0.05) is 19.5 Å². The topological polar surface area (TPSA) is 63.4 Å². The number of allylic oxidation sites excluding steroid dienone is 1. The molecule has 2 amide bonds. The van der Waals surface area contributed by atoms with Crippen molar-refractivity contribution >= 4 is 11.8 Å². The van der Waals surface area contributed by atoms with Gasteiger partial charge in [0.15, 0.2) is 0 Å². The molecule has 126 valence electrons. The Labute approximate surface area is 135 Å². The average molecular weight is 308 g/mol. The Balaban J connectivity index is 2.09. The van der Waals surface area contributed by atoms with Crippen LogP contribution in [0.3, 0.4) is 0 Å². The number of amides is 2. The van der Waals surface area contributed by atoms with Crippen molar-refractivity contribution in [2.24, 2.45) is 11.7 Å². The number of unbranched alkanes of at least 4 members (excludes halogenated alkanes) is 8. The summed E-state index contributed by atoms with van der Waals surface area (Å²) in [5, 5.41) is 0. The SMILES string of the molecule is CCCCCCCCCC/C=C/C1CC(=O)N(CCN)C1=O. The van der Waals surface area contributed by atoms with E-state index in [2.05, 4.69) is 13.0 Å². The summed E-state index contributed by atoms with van der Waals surface area (Å²) in [4.78, 5) is 25.0. The first-order valence-electron chi connectivity index (χ1n) is 8.91. The van der Waals surface area contributed by atoms with Crippen molar-refractivity contribution in [1.29, 1.82) is 0 Å². The minimum absolute atomic E-state index is 0.0809. The van der Waals surface area contributed by atoms with Crippen LogP contribution in [0.1, 0.15) is 71.1 Å². The van der Waals surface area contributed by atoms with Gasteiger partial charge in [0.1, 0.15) is 0 Å². The molecular weight excluding hydrogens is 276 g/mol. The number of hydrogen-bond acceptors (Lipinski definition) is 3. The zero-order chi connectivity index (χ0) is 16.2. The van der Waals surface area contributed by atoms with Crippen molar-refractivity contribution < 1.29 is 9.59 Å². The molecule has 0 aromatic heterocycles. The molecule has 1 saturated heterocycles. The first-order valence-corrected chi connectivity index (χ1v) is 8.91. The Morgan fingerprint density at radius 1 is 1.09 bits per heavy atom. The molecule has 4 heteroatoms. The third-order valence-corrected chi connectivity index (χ3v) is 4.22. The van der Waals surface area contributed by atoms with Crippen LogP contribution in [0.5, 0.6) is 0 Å². The Bertz CT molecular complexity index is 366. The number of likely N-dealkylation sites (tertiary alicyclic amines) is 1. The molecule has 1 fully saturated rings. The molecular formula is C18H32N2O2. The van der Waals surface area contributed by atoms with E-state index in [1.54, 1.807) is 0 Å². The van der Waals surface area contributed by atoms with Crippen LogP contribution in [0, 0.1) is 5.92 Å². The minimum atomic E-state index is -0.256. The monoisotopic (exact) mass is 308 g/mol. The van der Waals surface area contributed by atoms with Crippen LogP contribution in [-0.4, -0.2) is 29.8 Å². The van der Waals surface area contributed by atoms with Crippen LogP contribution in [0.25, 0.3) is 0 Å². The molecule has 1 rings (SSSR count). The summed E-state index contributed by atoms with van der Waals surface area (Å²) < 4.78 is 0. The van der Waals surface area contributed by atoms with Crippen molar-refractivity contribution in [2.75, 3.05) is 13.1 Å². The van der Waals surface area contributed by atoms with Gasteiger partial charge in [0.25, 0.3) is 0 Å². The number of nitrogens with two attached hydrogens (primary N) is 1. The molecule has 22 heavy (non-hydrogen) atoms. The number of carbonyl (C=O) groups excluding carboxylic acids is 2. The largest absolute Gasteiger partial charge is 0.329 e. The van der Waals surface area contributed by atoms with Crippen LogP contribution in [0.15, 0.2) is 12.2 Å². The number of imide groups is 1. The second-order valence-corrected chi connectivity index (χ2v) is 6.17. The molecule has 1 atom stereocenters. The van der Waals surface area contributed by atoms with E-state index < -0.39 is 0 Å². The molecule has 0 aliphatic carbocycles. The third-order valence-electron chi connectivity index (χ3n) is 4.22. The fraction of sp³-hybridized carbons (Fsp3) is 0.778. The third kappa shape index (κ3) is 6.73. The standard InChI is InChI=1S/C18H32N2O2/c1-2-3-4-5-6-7-8-9-10-11-12-16-15-17(21)20(14-13-19)18(16)22/h11-12,16H,2-10,13-15,19H2,1H3/b12-11+. The van der Waals surface area contributed by atoms with Crippen molar-refractivity contribution in [1.82, 2.24) is 4.90 Å². The summed E-state index contributed by atoms with van der Waals surface area (Å²) in [6.07, 6.45) is 15.8. The second kappa shape index (κ2) is 11.4. The highest BCUT2D eigenvalue weighted by molar-refractivity contribution is 6.04. The fourth-order valence-electron chi connectivity index (χ4n) is 2.88. The Morgan fingerprint density at radius 3 is 2.36 bits per heavy atom. The Hall–Kier alpha value is -1.16. The van der Waals surface area contributed by atoms with Crippen LogP contribution in [0.2, 0.25) is 0 Å². The normalized spacial score (nSPS) is 18.8. The highest BCUT2D eigenvalue weighted by Crippen LogP contribution is 2.20. The van der Waals surface area contributed by atoms with Gasteiger partial charge in [-0.05, 0) is 12.8 Å². The van der Waals surface area contributed by atoms with Gasteiger partial charge in [-0.1, -0.05) is 64.0 Å². The lowest BCUT2D eigenvalue weighted by molar-refractivity contribution is -0.138. The van der Waals surface area contributed by atoms with Crippen LogP contribution < -0.4 is 5.73 Å². The Morgan fingerprint density at radius 2 is 1.73 bits per heavy atom. The van der Waals surface area contributed by atoms with Crippen LogP contribution in [-0.2, 0) is 9.59 Å². The van der Waals surface area contributed by atoms with Gasteiger partial charge in [-0.2, -0.15) is 0 Å². The summed E-state index contributed by atoms with van der Waals surface area (Å²) in [6, 6.07) is 0. The lowest BCUT2D eigenvalue weighted by Gasteiger charge is -2.11. The van der Waals surface area contributed by atoms with Crippen LogP contribution >= 0.6 is 0 Å². The smallest absolute Gasteiger partial charge is 0.236 e. The van der Waals surface area contributed by atoms with Gasteiger partial charge < -0.3 is 5.73 Å². The lowest BCUT2D eigenvalue weighted by atomic mass is 10.0. The maximum atomic E-state index is 12.0. The molecule has 2 N–H and O–H groups in total. The number of hydrogen-bond donors (Lipinski definition) is 1. The summed E-state index contributed by atoms with van der Waals surface area (Å²) in [5.41, 5.74) is 5.42. The summed E-state index contributed by atoms with van der Waals surface area (Å²) in [7, 11) is 0. The predicted octanol–water partition coefficient (Wildman–Crippen LogP) is 3.41. The number of nitrogens with zero attached hydrogens (tertiary/aromatic N) is 1. The van der Waals surface area contributed by atoms with Gasteiger partial charge in [0.2, 0.25) is 11.8 Å². The maximum Gasteiger partial charge on any atom is 0.236 e. The molecule has 1 aliphatic heterocycles. The minimum Gasteiger partial charge on any atom is -0.329 e. The van der Waals surface area contributed by atoms with Crippen molar-refractivity contribution in [3.63, 3.8) is 0 Å². The van der Waals surface area contributed by atoms with E-state index in [4.69, 9.17) is 5.73 Å². The van der Waals surface area contributed by atoms with Gasteiger partial charge in [-0.15, -0.1) is 0 Å². The van der Waals surface area contributed by atoms with Gasteiger partial charge in [-0.25, -0.2) is 0 Å². The molecule has 1 unspecified atom stereocenters. The predicted molar refractivity (Wildman–Crippen MR) is 90.2 cm³/mol. The van der Waals surface area contributed by atoms with E-state index in [-0.39, 0.29) is 17.7 Å². The number of rotatable bonds is 12. The molecule has 0 aromatic carbocycles. The van der Waals surface area contributed by atoms with Gasteiger partial charge in [-0.3, -0.25) is 14.5 Å². The Kier molecular flexibility index (Phi) is 9.80. The van der Waals surface area contributed by atoms with E-state index >= 15 is 0 Å². The second-order valence-electron chi connectivity index (χ2n) is 6.17. The first-order chi connectivity index (χ1) is 10.7.